The van der Waals surface area contributed by atoms with E-state index in [1.165, 1.54) is 23.5 Å². The average molecular weight is 367 g/mol. The number of hydrogen-bond donors (Lipinski definition) is 1. The van der Waals surface area contributed by atoms with Gasteiger partial charge in [-0.05, 0) is 19.1 Å². The molecule has 0 aliphatic heterocycles. The Kier molecular flexibility index (Phi) is 5.36. The van der Waals surface area contributed by atoms with Gasteiger partial charge in [0.15, 0.2) is 4.34 Å². The van der Waals surface area contributed by atoms with E-state index in [-0.39, 0.29) is 10.8 Å². The van der Waals surface area contributed by atoms with Gasteiger partial charge >= 0.3 is 6.18 Å². The van der Waals surface area contributed by atoms with E-state index in [1.54, 1.807) is 0 Å². The Bertz CT molecular complexity index is 688. The van der Waals surface area contributed by atoms with Crippen molar-refractivity contribution in [2.75, 3.05) is 11.1 Å². The number of aryl methyl sites for hydroxylation is 1. The number of anilines is 1. The lowest BCUT2D eigenvalue weighted by Gasteiger charge is -2.14. The molecule has 2 aromatic rings. The number of nitrogens with one attached hydrogen (secondary N) is 1. The first-order chi connectivity index (χ1) is 10.3. The number of hydrogen-bond acceptors (Lipinski definition) is 4. The second-order valence-electron chi connectivity index (χ2n) is 4.25. The summed E-state index contributed by atoms with van der Waals surface area (Å²) in [5.74, 6) is -0.619. The van der Waals surface area contributed by atoms with Crippen LogP contribution in [0.5, 0.6) is 0 Å². The van der Waals surface area contributed by atoms with Crippen molar-refractivity contribution in [3.8, 4) is 0 Å². The van der Waals surface area contributed by atoms with Crippen LogP contribution in [-0.4, -0.2) is 16.6 Å². The summed E-state index contributed by atoms with van der Waals surface area (Å²) in [5, 5.41) is 3.90. The van der Waals surface area contributed by atoms with Gasteiger partial charge in [0.05, 0.1) is 22.0 Å². The number of alkyl halides is 3. The molecular formula is C13H10ClF3N2OS2. The molecule has 1 aromatic heterocycles. The minimum Gasteiger partial charge on any atom is -0.324 e. The second kappa shape index (κ2) is 6.89. The van der Waals surface area contributed by atoms with Crippen molar-refractivity contribution in [1.82, 2.24) is 4.98 Å². The lowest BCUT2D eigenvalue weighted by Crippen LogP contribution is -2.18. The van der Waals surface area contributed by atoms with Crippen molar-refractivity contribution in [1.29, 1.82) is 0 Å². The number of amides is 1. The van der Waals surface area contributed by atoms with E-state index in [4.69, 9.17) is 11.6 Å². The van der Waals surface area contributed by atoms with Gasteiger partial charge in [-0.2, -0.15) is 13.2 Å². The molecule has 3 nitrogen and oxygen atoms in total. The van der Waals surface area contributed by atoms with E-state index in [9.17, 15) is 18.0 Å². The molecular weight excluding hydrogens is 357 g/mol. The zero-order valence-electron chi connectivity index (χ0n) is 11.2. The highest BCUT2D eigenvalue weighted by atomic mass is 35.5. The SMILES string of the molecule is Cc1csc(SCC(=O)Nc2c(Cl)cccc2C(F)(F)F)n1. The van der Waals surface area contributed by atoms with E-state index in [0.29, 0.717) is 4.34 Å². The Morgan fingerprint density at radius 2 is 2.18 bits per heavy atom. The van der Waals surface area contributed by atoms with Gasteiger partial charge in [-0.1, -0.05) is 29.4 Å². The minimum atomic E-state index is -4.59. The molecule has 1 aromatic carbocycles. The van der Waals surface area contributed by atoms with Gasteiger partial charge in [0, 0.05) is 11.1 Å². The van der Waals surface area contributed by atoms with E-state index < -0.39 is 23.3 Å². The van der Waals surface area contributed by atoms with E-state index in [0.717, 1.165) is 23.5 Å². The largest absolute Gasteiger partial charge is 0.418 e. The van der Waals surface area contributed by atoms with Gasteiger partial charge in [0.2, 0.25) is 5.91 Å². The number of carbonyl (C=O) groups is 1. The first kappa shape index (κ1) is 17.1. The number of nitrogens with zero attached hydrogens (tertiary/aromatic N) is 1. The van der Waals surface area contributed by atoms with Crippen LogP contribution in [0.15, 0.2) is 27.9 Å². The van der Waals surface area contributed by atoms with Crippen molar-refractivity contribution in [2.45, 2.75) is 17.4 Å². The highest BCUT2D eigenvalue weighted by Gasteiger charge is 2.34. The first-order valence-corrected chi connectivity index (χ1v) is 8.22. The Morgan fingerprint density at radius 1 is 1.45 bits per heavy atom. The maximum Gasteiger partial charge on any atom is 0.418 e. The number of thiazole rings is 1. The van der Waals surface area contributed by atoms with Crippen LogP contribution in [0.25, 0.3) is 0 Å². The lowest BCUT2D eigenvalue weighted by molar-refractivity contribution is -0.137. The molecule has 0 aliphatic rings. The smallest absolute Gasteiger partial charge is 0.324 e. The number of benzene rings is 1. The molecule has 0 radical (unpaired) electrons. The van der Waals surface area contributed by atoms with Gasteiger partial charge in [-0.25, -0.2) is 4.98 Å². The maximum absolute atomic E-state index is 12.9. The predicted molar refractivity (Wildman–Crippen MR) is 82.7 cm³/mol. The second-order valence-corrected chi connectivity index (χ2v) is 6.74. The number of para-hydroxylation sites is 1. The molecule has 1 N–H and O–H groups in total. The van der Waals surface area contributed by atoms with Crippen molar-refractivity contribution in [2.24, 2.45) is 0 Å². The van der Waals surface area contributed by atoms with Crippen LogP contribution < -0.4 is 5.32 Å². The van der Waals surface area contributed by atoms with Crippen molar-refractivity contribution in [3.63, 3.8) is 0 Å². The monoisotopic (exact) mass is 366 g/mol. The fourth-order valence-electron chi connectivity index (χ4n) is 1.59. The van der Waals surface area contributed by atoms with Gasteiger partial charge in [-0.15, -0.1) is 11.3 Å². The molecule has 0 saturated heterocycles. The zero-order valence-corrected chi connectivity index (χ0v) is 13.6. The van der Waals surface area contributed by atoms with Crippen LogP contribution in [0, 0.1) is 6.92 Å². The topological polar surface area (TPSA) is 42.0 Å². The standard InChI is InChI=1S/C13H10ClF3N2OS2/c1-7-5-21-12(18-7)22-6-10(20)19-11-8(13(15,16)17)3-2-4-9(11)14/h2-5H,6H2,1H3,(H,19,20). The van der Waals surface area contributed by atoms with Crippen LogP contribution in [-0.2, 0) is 11.0 Å². The fraction of sp³-hybridized carbons (Fsp3) is 0.231. The molecule has 0 unspecified atom stereocenters. The molecule has 2 rings (SSSR count). The van der Waals surface area contributed by atoms with Gasteiger partial charge < -0.3 is 5.32 Å². The van der Waals surface area contributed by atoms with Crippen LogP contribution in [0.2, 0.25) is 5.02 Å². The first-order valence-electron chi connectivity index (χ1n) is 5.98. The van der Waals surface area contributed by atoms with Crippen molar-refractivity contribution >= 4 is 46.3 Å². The molecule has 1 amide bonds. The van der Waals surface area contributed by atoms with E-state index >= 15 is 0 Å². The molecule has 118 valence electrons. The molecule has 22 heavy (non-hydrogen) atoms. The molecule has 1 heterocycles. The Morgan fingerprint density at radius 3 is 2.77 bits per heavy atom. The summed E-state index contributed by atoms with van der Waals surface area (Å²) >= 11 is 8.30. The highest BCUT2D eigenvalue weighted by molar-refractivity contribution is 8.01. The third-order valence-corrected chi connectivity index (χ3v) is 4.96. The molecule has 0 aliphatic carbocycles. The minimum absolute atomic E-state index is 0.0462. The van der Waals surface area contributed by atoms with E-state index in [2.05, 4.69) is 10.3 Å². The third kappa shape index (κ3) is 4.37. The summed E-state index contributed by atoms with van der Waals surface area (Å²) in [6.07, 6.45) is -4.59. The number of aromatic nitrogens is 1. The molecule has 0 atom stereocenters. The maximum atomic E-state index is 12.9. The zero-order chi connectivity index (χ0) is 16.3. The number of rotatable bonds is 4. The summed E-state index contributed by atoms with van der Waals surface area (Å²) in [6.45, 7) is 1.82. The Hall–Kier alpha value is -1.25. The Balaban J connectivity index is 2.08. The summed E-state index contributed by atoms with van der Waals surface area (Å²) in [7, 11) is 0. The molecule has 0 fully saturated rings. The lowest BCUT2D eigenvalue weighted by atomic mass is 10.1. The number of thioether (sulfide) groups is 1. The summed E-state index contributed by atoms with van der Waals surface area (Å²) in [4.78, 5) is 16.0. The van der Waals surface area contributed by atoms with Crippen molar-refractivity contribution in [3.05, 3.63) is 39.9 Å². The van der Waals surface area contributed by atoms with Crippen LogP contribution >= 0.6 is 34.7 Å². The molecule has 0 bridgehead atoms. The quantitative estimate of drug-likeness (QED) is 0.786. The van der Waals surface area contributed by atoms with Crippen LogP contribution in [0.1, 0.15) is 11.3 Å². The number of carbonyl (C=O) groups excluding carboxylic acids is 1. The van der Waals surface area contributed by atoms with Crippen molar-refractivity contribution < 1.29 is 18.0 Å². The van der Waals surface area contributed by atoms with E-state index in [1.807, 2.05) is 12.3 Å². The molecule has 0 spiro atoms. The molecule has 0 saturated carbocycles. The summed E-state index contributed by atoms with van der Waals surface area (Å²) in [5.41, 5.74) is -0.556. The van der Waals surface area contributed by atoms with Crippen LogP contribution in [0.4, 0.5) is 18.9 Å². The Labute approximate surface area is 137 Å². The number of halogens is 4. The van der Waals surface area contributed by atoms with Crippen LogP contribution in [0.3, 0.4) is 0 Å². The fourth-order valence-corrected chi connectivity index (χ4v) is 3.46. The van der Waals surface area contributed by atoms with Gasteiger partial charge in [0.1, 0.15) is 0 Å². The average Bonchev–Trinajstić information content (AvgIpc) is 2.83. The molecule has 9 heteroatoms. The van der Waals surface area contributed by atoms with Gasteiger partial charge in [-0.3, -0.25) is 4.79 Å². The summed E-state index contributed by atoms with van der Waals surface area (Å²) < 4.78 is 39.4. The normalized spacial score (nSPS) is 11.5. The van der Waals surface area contributed by atoms with Gasteiger partial charge in [0.25, 0.3) is 0 Å². The highest BCUT2D eigenvalue weighted by Crippen LogP contribution is 2.38. The predicted octanol–water partition coefficient (Wildman–Crippen LogP) is 4.85. The summed E-state index contributed by atoms with van der Waals surface area (Å²) in [6, 6.07) is 3.36. The third-order valence-electron chi connectivity index (χ3n) is 2.51.